The van der Waals surface area contributed by atoms with Crippen molar-refractivity contribution < 1.29 is 0 Å². The topological polar surface area (TPSA) is 0 Å². The third-order valence-corrected chi connectivity index (χ3v) is 3.54. The lowest BCUT2D eigenvalue weighted by atomic mass is 9.94. The summed E-state index contributed by atoms with van der Waals surface area (Å²) >= 11 is 0. The quantitative estimate of drug-likeness (QED) is 0.648. The molecule has 17 heavy (non-hydrogen) atoms. The average molecular weight is 220 g/mol. The first-order chi connectivity index (χ1) is 8.25. The van der Waals surface area contributed by atoms with E-state index in [2.05, 4.69) is 68.5 Å². The van der Waals surface area contributed by atoms with Crippen LogP contribution in [0.1, 0.15) is 29.5 Å². The smallest absolute Gasteiger partial charge is 0.0000949 e. The Labute approximate surface area is 103 Å². The van der Waals surface area contributed by atoms with Gasteiger partial charge in [0.25, 0.3) is 0 Å². The standard InChI is InChI=1S/C17H16/c1-12-6-9-14(10-7-12)16-5-3-4-15-13(2)8-11-17(15)16/h3-11,13H,1-2H3. The Kier molecular flexibility index (Phi) is 2.36. The van der Waals surface area contributed by atoms with Gasteiger partial charge in [0.1, 0.15) is 0 Å². The van der Waals surface area contributed by atoms with E-state index in [1.165, 1.54) is 27.8 Å². The monoisotopic (exact) mass is 220 g/mol. The minimum absolute atomic E-state index is 0.551. The number of hydrogen-bond donors (Lipinski definition) is 0. The Morgan fingerprint density at radius 3 is 2.47 bits per heavy atom. The highest BCUT2D eigenvalue weighted by atomic mass is 14.2. The molecule has 84 valence electrons. The van der Waals surface area contributed by atoms with Crippen molar-refractivity contribution in [3.63, 3.8) is 0 Å². The summed E-state index contributed by atoms with van der Waals surface area (Å²) in [5, 5.41) is 0. The number of aryl methyl sites for hydroxylation is 1. The Morgan fingerprint density at radius 1 is 0.941 bits per heavy atom. The number of benzene rings is 2. The molecule has 2 aromatic carbocycles. The second-order valence-corrected chi connectivity index (χ2v) is 4.82. The van der Waals surface area contributed by atoms with E-state index in [0.29, 0.717) is 5.92 Å². The SMILES string of the molecule is Cc1ccc(-c2cccc3c2C=CC3C)cc1. The van der Waals surface area contributed by atoms with Crippen LogP contribution in [0.5, 0.6) is 0 Å². The third kappa shape index (κ3) is 1.70. The van der Waals surface area contributed by atoms with Crippen LogP contribution in [0.3, 0.4) is 0 Å². The highest BCUT2D eigenvalue weighted by Crippen LogP contribution is 2.36. The minimum atomic E-state index is 0.551. The molecule has 1 atom stereocenters. The zero-order valence-corrected chi connectivity index (χ0v) is 10.3. The summed E-state index contributed by atoms with van der Waals surface area (Å²) in [6.45, 7) is 4.38. The van der Waals surface area contributed by atoms with Crippen molar-refractivity contribution >= 4 is 6.08 Å². The van der Waals surface area contributed by atoms with Crippen molar-refractivity contribution in [2.45, 2.75) is 19.8 Å². The summed E-state index contributed by atoms with van der Waals surface area (Å²) in [6.07, 6.45) is 4.54. The maximum Gasteiger partial charge on any atom is -0.0000949 e. The van der Waals surface area contributed by atoms with Gasteiger partial charge >= 0.3 is 0 Å². The highest BCUT2D eigenvalue weighted by molar-refractivity contribution is 5.80. The lowest BCUT2D eigenvalue weighted by molar-refractivity contribution is 0.991. The second-order valence-electron chi connectivity index (χ2n) is 4.82. The van der Waals surface area contributed by atoms with Gasteiger partial charge < -0.3 is 0 Å². The van der Waals surface area contributed by atoms with Crippen LogP contribution in [0.2, 0.25) is 0 Å². The zero-order chi connectivity index (χ0) is 11.8. The van der Waals surface area contributed by atoms with E-state index in [-0.39, 0.29) is 0 Å². The molecule has 0 bridgehead atoms. The first kappa shape index (κ1) is 10.3. The normalized spacial score (nSPS) is 17.2. The molecular formula is C17H16. The Balaban J connectivity index is 2.16. The van der Waals surface area contributed by atoms with E-state index >= 15 is 0 Å². The van der Waals surface area contributed by atoms with Gasteiger partial charge in [0.05, 0.1) is 0 Å². The van der Waals surface area contributed by atoms with E-state index in [1.54, 1.807) is 0 Å². The Morgan fingerprint density at radius 2 is 1.71 bits per heavy atom. The van der Waals surface area contributed by atoms with E-state index in [0.717, 1.165) is 0 Å². The van der Waals surface area contributed by atoms with Crippen LogP contribution < -0.4 is 0 Å². The molecule has 0 fully saturated rings. The fourth-order valence-electron chi connectivity index (χ4n) is 2.50. The Hall–Kier alpha value is -1.82. The summed E-state index contributed by atoms with van der Waals surface area (Å²) in [5.74, 6) is 0.551. The molecule has 0 spiro atoms. The van der Waals surface area contributed by atoms with Crippen molar-refractivity contribution in [1.82, 2.24) is 0 Å². The first-order valence-electron chi connectivity index (χ1n) is 6.14. The number of hydrogen-bond acceptors (Lipinski definition) is 0. The van der Waals surface area contributed by atoms with Gasteiger partial charge in [-0.15, -0.1) is 0 Å². The molecule has 2 aromatic rings. The highest BCUT2D eigenvalue weighted by Gasteiger charge is 2.15. The van der Waals surface area contributed by atoms with Gasteiger partial charge in [-0.3, -0.25) is 0 Å². The van der Waals surface area contributed by atoms with Crippen LogP contribution in [-0.2, 0) is 0 Å². The maximum atomic E-state index is 2.28. The van der Waals surface area contributed by atoms with Gasteiger partial charge in [-0.25, -0.2) is 0 Å². The lowest BCUT2D eigenvalue weighted by Crippen LogP contribution is -1.90. The van der Waals surface area contributed by atoms with Crippen LogP contribution >= 0.6 is 0 Å². The lowest BCUT2D eigenvalue weighted by Gasteiger charge is -2.10. The third-order valence-electron chi connectivity index (χ3n) is 3.54. The predicted molar refractivity (Wildman–Crippen MR) is 74.1 cm³/mol. The summed E-state index contributed by atoms with van der Waals surface area (Å²) in [4.78, 5) is 0. The molecule has 0 heteroatoms. The number of rotatable bonds is 1. The molecule has 0 heterocycles. The van der Waals surface area contributed by atoms with Gasteiger partial charge in [0.15, 0.2) is 0 Å². The van der Waals surface area contributed by atoms with E-state index < -0.39 is 0 Å². The predicted octanol–water partition coefficient (Wildman–Crippen LogP) is 4.79. The van der Waals surface area contributed by atoms with Crippen LogP contribution in [0.15, 0.2) is 48.5 Å². The van der Waals surface area contributed by atoms with Gasteiger partial charge in [-0.1, -0.05) is 67.1 Å². The molecule has 1 aliphatic rings. The van der Waals surface area contributed by atoms with Crippen molar-refractivity contribution in [3.05, 3.63) is 65.2 Å². The molecule has 1 aliphatic carbocycles. The maximum absolute atomic E-state index is 2.28. The van der Waals surface area contributed by atoms with Crippen molar-refractivity contribution in [2.24, 2.45) is 0 Å². The summed E-state index contributed by atoms with van der Waals surface area (Å²) in [7, 11) is 0. The second kappa shape index (κ2) is 3.89. The molecule has 0 saturated carbocycles. The minimum Gasteiger partial charge on any atom is -0.0766 e. The van der Waals surface area contributed by atoms with Gasteiger partial charge in [0.2, 0.25) is 0 Å². The summed E-state index contributed by atoms with van der Waals surface area (Å²) < 4.78 is 0. The molecule has 0 aliphatic heterocycles. The number of fused-ring (bicyclic) bond motifs is 1. The van der Waals surface area contributed by atoms with Crippen LogP contribution in [0, 0.1) is 6.92 Å². The molecule has 3 rings (SSSR count). The van der Waals surface area contributed by atoms with E-state index in [1.807, 2.05) is 0 Å². The van der Waals surface area contributed by atoms with Gasteiger partial charge in [0, 0.05) is 0 Å². The molecule has 1 unspecified atom stereocenters. The van der Waals surface area contributed by atoms with Gasteiger partial charge in [-0.2, -0.15) is 0 Å². The molecule has 0 N–H and O–H groups in total. The number of allylic oxidation sites excluding steroid dienone is 1. The first-order valence-corrected chi connectivity index (χ1v) is 6.14. The molecular weight excluding hydrogens is 204 g/mol. The van der Waals surface area contributed by atoms with Crippen LogP contribution in [-0.4, -0.2) is 0 Å². The molecule has 0 nitrogen and oxygen atoms in total. The fourth-order valence-corrected chi connectivity index (χ4v) is 2.50. The average Bonchev–Trinajstić information content (AvgIpc) is 2.73. The molecule has 0 amide bonds. The van der Waals surface area contributed by atoms with Crippen molar-refractivity contribution in [2.75, 3.05) is 0 Å². The Bertz CT molecular complexity index is 573. The summed E-state index contributed by atoms with van der Waals surface area (Å²) in [6, 6.07) is 15.4. The van der Waals surface area contributed by atoms with Crippen LogP contribution in [0.4, 0.5) is 0 Å². The largest absolute Gasteiger partial charge is 0.0766 e. The summed E-state index contributed by atoms with van der Waals surface area (Å²) in [5.41, 5.74) is 6.81. The fraction of sp³-hybridized carbons (Fsp3) is 0.176. The zero-order valence-electron chi connectivity index (χ0n) is 10.3. The van der Waals surface area contributed by atoms with E-state index in [4.69, 9.17) is 0 Å². The molecule has 0 radical (unpaired) electrons. The van der Waals surface area contributed by atoms with Gasteiger partial charge in [-0.05, 0) is 35.1 Å². The molecule has 0 saturated heterocycles. The van der Waals surface area contributed by atoms with Crippen molar-refractivity contribution in [3.8, 4) is 11.1 Å². The van der Waals surface area contributed by atoms with Crippen LogP contribution in [0.25, 0.3) is 17.2 Å². The van der Waals surface area contributed by atoms with E-state index in [9.17, 15) is 0 Å². The molecule has 0 aromatic heterocycles. The van der Waals surface area contributed by atoms with Crippen molar-refractivity contribution in [1.29, 1.82) is 0 Å².